The average molecular weight is 261 g/mol. The number of hydrogen-bond acceptors (Lipinski definition) is 4. The molecule has 7 nitrogen and oxygen atoms in total. The van der Waals surface area contributed by atoms with Crippen LogP contribution in [0, 0.1) is 0 Å². The van der Waals surface area contributed by atoms with Gasteiger partial charge in [-0.15, -0.1) is 0 Å². The molecular formula is C12H19N7. The van der Waals surface area contributed by atoms with Crippen LogP contribution in [-0.2, 0) is 13.6 Å². The van der Waals surface area contributed by atoms with Crippen LogP contribution in [0.2, 0.25) is 0 Å². The summed E-state index contributed by atoms with van der Waals surface area (Å²) < 4.78 is 2.01. The van der Waals surface area contributed by atoms with Crippen molar-refractivity contribution in [1.82, 2.24) is 19.4 Å². The van der Waals surface area contributed by atoms with Crippen molar-refractivity contribution in [1.29, 1.82) is 0 Å². The Balaban J connectivity index is 2.04. The van der Waals surface area contributed by atoms with Gasteiger partial charge in [-0.25, -0.2) is 4.98 Å². The molecule has 0 radical (unpaired) electrons. The quantitative estimate of drug-likeness (QED) is 0.462. The van der Waals surface area contributed by atoms with Crippen LogP contribution in [0.4, 0.5) is 0 Å². The highest BCUT2D eigenvalue weighted by atomic mass is 15.4. The molecule has 2 unspecified atom stereocenters. The molecule has 1 aliphatic heterocycles. The van der Waals surface area contributed by atoms with Crippen molar-refractivity contribution in [3.63, 3.8) is 0 Å². The number of aryl methyl sites for hydroxylation is 1. The van der Waals surface area contributed by atoms with Gasteiger partial charge in [-0.2, -0.15) is 0 Å². The fraction of sp³-hybridized carbons (Fsp3) is 0.583. The lowest BCUT2D eigenvalue weighted by molar-refractivity contribution is 0.149. The molecule has 2 atom stereocenters. The Kier molecular flexibility index (Phi) is 3.97. The molecule has 7 heteroatoms. The van der Waals surface area contributed by atoms with E-state index in [2.05, 4.69) is 31.0 Å². The Morgan fingerprint density at radius 3 is 2.89 bits per heavy atom. The lowest BCUT2D eigenvalue weighted by atomic mass is 10.2. The molecule has 0 fully saturated rings. The maximum Gasteiger partial charge on any atom is 0.128 e. The van der Waals surface area contributed by atoms with Crippen molar-refractivity contribution >= 4 is 0 Å². The molecule has 1 aromatic rings. The van der Waals surface area contributed by atoms with Crippen LogP contribution < -0.4 is 0 Å². The van der Waals surface area contributed by atoms with E-state index in [-0.39, 0.29) is 12.2 Å². The molecule has 0 aliphatic carbocycles. The van der Waals surface area contributed by atoms with Gasteiger partial charge in [0.15, 0.2) is 0 Å². The van der Waals surface area contributed by atoms with Gasteiger partial charge in [0.2, 0.25) is 0 Å². The Morgan fingerprint density at radius 1 is 1.47 bits per heavy atom. The van der Waals surface area contributed by atoms with Gasteiger partial charge >= 0.3 is 0 Å². The predicted molar refractivity (Wildman–Crippen MR) is 72.7 cm³/mol. The summed E-state index contributed by atoms with van der Waals surface area (Å²) in [5, 5.41) is 3.75. The lowest BCUT2D eigenvalue weighted by Gasteiger charge is -2.31. The second kappa shape index (κ2) is 5.67. The van der Waals surface area contributed by atoms with Crippen LogP contribution in [0.5, 0.6) is 0 Å². The molecule has 2 heterocycles. The lowest BCUT2D eigenvalue weighted by Crippen LogP contribution is -2.38. The summed E-state index contributed by atoms with van der Waals surface area (Å²) >= 11 is 0. The molecule has 102 valence electrons. The zero-order valence-electron chi connectivity index (χ0n) is 11.5. The van der Waals surface area contributed by atoms with Crippen LogP contribution in [0.1, 0.15) is 19.2 Å². The molecule has 0 saturated carbocycles. The first-order valence-electron chi connectivity index (χ1n) is 6.28. The van der Waals surface area contributed by atoms with Crippen molar-refractivity contribution < 1.29 is 0 Å². The third-order valence-corrected chi connectivity index (χ3v) is 3.39. The first-order chi connectivity index (χ1) is 9.11. The number of imidazole rings is 1. The van der Waals surface area contributed by atoms with Crippen LogP contribution in [0.25, 0.3) is 10.4 Å². The van der Waals surface area contributed by atoms with E-state index in [0.717, 1.165) is 18.8 Å². The molecule has 1 aromatic heterocycles. The zero-order chi connectivity index (χ0) is 13.8. The molecule has 19 heavy (non-hydrogen) atoms. The number of azide groups is 1. The normalized spacial score (nSPS) is 19.6. The summed E-state index contributed by atoms with van der Waals surface area (Å²) in [4.78, 5) is 11.6. The van der Waals surface area contributed by atoms with Crippen molar-refractivity contribution in [2.75, 3.05) is 7.05 Å². The smallest absolute Gasteiger partial charge is 0.128 e. The van der Waals surface area contributed by atoms with E-state index >= 15 is 0 Å². The van der Waals surface area contributed by atoms with E-state index in [1.807, 2.05) is 38.0 Å². The standard InChI is InChI=1S/C12H19N7/c1-10(15-16-13)8-12-18(3)6-7-19(12)9-11-14-4-5-17(11)2/h4-7,10,12H,8-9H2,1-3H3. The van der Waals surface area contributed by atoms with Crippen LogP contribution in [-0.4, -0.2) is 38.6 Å². The molecular weight excluding hydrogens is 242 g/mol. The average Bonchev–Trinajstić information content (AvgIpc) is 2.91. The molecule has 2 rings (SSSR count). The van der Waals surface area contributed by atoms with Crippen molar-refractivity contribution in [3.8, 4) is 0 Å². The molecule has 0 bridgehead atoms. The SMILES string of the molecule is CC(CC1N(C)C=CN1Cc1nccn1C)N=[N+]=[N-]. The van der Waals surface area contributed by atoms with E-state index < -0.39 is 0 Å². The molecule has 1 aliphatic rings. The summed E-state index contributed by atoms with van der Waals surface area (Å²) in [6.07, 6.45) is 8.83. The van der Waals surface area contributed by atoms with E-state index in [4.69, 9.17) is 5.53 Å². The van der Waals surface area contributed by atoms with E-state index in [1.165, 1.54) is 0 Å². The highest BCUT2D eigenvalue weighted by Crippen LogP contribution is 2.21. The van der Waals surface area contributed by atoms with Gasteiger partial charge in [-0.3, -0.25) is 0 Å². The minimum absolute atomic E-state index is 0.0266. The fourth-order valence-electron chi connectivity index (χ4n) is 2.24. The number of hydrogen-bond donors (Lipinski definition) is 0. The topological polar surface area (TPSA) is 73.1 Å². The summed E-state index contributed by atoms with van der Waals surface area (Å²) in [6.45, 7) is 2.68. The van der Waals surface area contributed by atoms with E-state index in [0.29, 0.717) is 0 Å². The number of aromatic nitrogens is 2. The fourth-order valence-corrected chi connectivity index (χ4v) is 2.24. The monoisotopic (exact) mass is 261 g/mol. The van der Waals surface area contributed by atoms with Crippen molar-refractivity contribution in [2.45, 2.75) is 32.1 Å². The number of nitrogens with zero attached hydrogens (tertiary/aromatic N) is 7. The van der Waals surface area contributed by atoms with Gasteiger partial charge in [0, 0.05) is 49.8 Å². The Hall–Kier alpha value is -2.14. The van der Waals surface area contributed by atoms with Gasteiger partial charge in [0.1, 0.15) is 12.0 Å². The Labute approximate surface area is 112 Å². The second-order valence-electron chi connectivity index (χ2n) is 4.86. The van der Waals surface area contributed by atoms with Gasteiger partial charge in [-0.1, -0.05) is 12.0 Å². The summed E-state index contributed by atoms with van der Waals surface area (Å²) in [7, 11) is 4.02. The van der Waals surface area contributed by atoms with Gasteiger partial charge in [0.05, 0.1) is 6.54 Å². The molecule has 0 N–H and O–H groups in total. The van der Waals surface area contributed by atoms with Crippen molar-refractivity contribution in [2.24, 2.45) is 12.2 Å². The van der Waals surface area contributed by atoms with Gasteiger partial charge in [-0.05, 0) is 12.0 Å². The minimum atomic E-state index is -0.0266. The van der Waals surface area contributed by atoms with Crippen LogP contribution in [0.15, 0.2) is 29.9 Å². The van der Waals surface area contributed by atoms with Crippen LogP contribution >= 0.6 is 0 Å². The summed E-state index contributed by atoms with van der Waals surface area (Å²) in [6, 6.07) is -0.0266. The van der Waals surface area contributed by atoms with Crippen molar-refractivity contribution in [3.05, 3.63) is 41.1 Å². The third kappa shape index (κ3) is 3.00. The minimum Gasteiger partial charge on any atom is -0.359 e. The Bertz CT molecular complexity index is 500. The Morgan fingerprint density at radius 2 is 2.26 bits per heavy atom. The summed E-state index contributed by atoms with van der Waals surface area (Å²) in [5.74, 6) is 1.02. The van der Waals surface area contributed by atoms with E-state index in [1.54, 1.807) is 6.20 Å². The maximum absolute atomic E-state index is 8.49. The first-order valence-corrected chi connectivity index (χ1v) is 6.28. The maximum atomic E-state index is 8.49. The largest absolute Gasteiger partial charge is 0.359 e. The molecule has 0 spiro atoms. The first kappa shape index (κ1) is 13.3. The third-order valence-electron chi connectivity index (χ3n) is 3.39. The van der Waals surface area contributed by atoms with Gasteiger partial charge in [0.25, 0.3) is 0 Å². The molecule has 0 aromatic carbocycles. The molecule has 0 amide bonds. The highest BCUT2D eigenvalue weighted by Gasteiger charge is 2.25. The number of rotatable bonds is 5. The van der Waals surface area contributed by atoms with Gasteiger partial charge < -0.3 is 14.4 Å². The summed E-state index contributed by atoms with van der Waals surface area (Å²) in [5.41, 5.74) is 8.49. The van der Waals surface area contributed by atoms with Crippen LogP contribution in [0.3, 0.4) is 0 Å². The van der Waals surface area contributed by atoms with E-state index in [9.17, 15) is 0 Å². The zero-order valence-corrected chi connectivity index (χ0v) is 11.5. The second-order valence-corrected chi connectivity index (χ2v) is 4.86. The molecule has 0 saturated heterocycles. The predicted octanol–water partition coefficient (Wildman–Crippen LogP) is 2.05. The highest BCUT2D eigenvalue weighted by molar-refractivity contribution is 5.00.